The Labute approximate surface area is 148 Å². The molecule has 0 saturated carbocycles. The Hall–Kier alpha value is -2.75. The van der Waals surface area contributed by atoms with Crippen LogP contribution in [0, 0.1) is 20.8 Å². The topological polar surface area (TPSA) is 46.1 Å². The van der Waals surface area contributed by atoms with Crippen molar-refractivity contribution in [1.29, 1.82) is 0 Å². The second-order valence-electron chi connectivity index (χ2n) is 6.60. The number of hydrogen-bond acceptors (Lipinski definition) is 3. The first-order chi connectivity index (χ1) is 11.9. The number of hydrogen-bond donors (Lipinski definition) is 0. The standard InChI is InChI=1S/C21H23N3O/c1-13-6-8-17(9-7-13)16(4)24(5)21(25)18-10-11-19-20(12-18)23-15(3)14(2)22-19/h6-12,16H,1-5H3. The average Bonchev–Trinajstić information content (AvgIpc) is 2.61. The van der Waals surface area contributed by atoms with Gasteiger partial charge in [0.15, 0.2) is 0 Å². The number of rotatable bonds is 3. The maximum Gasteiger partial charge on any atom is 0.254 e. The van der Waals surface area contributed by atoms with Crippen molar-refractivity contribution in [1.82, 2.24) is 14.9 Å². The van der Waals surface area contributed by atoms with Crippen LogP contribution in [-0.2, 0) is 0 Å². The van der Waals surface area contributed by atoms with Crippen LogP contribution in [0.1, 0.15) is 45.8 Å². The SMILES string of the molecule is Cc1ccc(C(C)N(C)C(=O)c2ccc3nc(C)c(C)nc3c2)cc1. The number of benzene rings is 2. The molecule has 0 radical (unpaired) electrons. The Morgan fingerprint density at radius 1 is 0.920 bits per heavy atom. The summed E-state index contributed by atoms with van der Waals surface area (Å²) in [4.78, 5) is 23.7. The summed E-state index contributed by atoms with van der Waals surface area (Å²) in [6, 6.07) is 13.8. The van der Waals surface area contributed by atoms with E-state index in [1.165, 1.54) is 5.56 Å². The van der Waals surface area contributed by atoms with Gasteiger partial charge in [-0.15, -0.1) is 0 Å². The zero-order valence-electron chi connectivity index (χ0n) is 15.4. The van der Waals surface area contributed by atoms with Crippen LogP contribution >= 0.6 is 0 Å². The Morgan fingerprint density at radius 2 is 1.52 bits per heavy atom. The Morgan fingerprint density at radius 3 is 2.16 bits per heavy atom. The van der Waals surface area contributed by atoms with E-state index in [0.29, 0.717) is 5.56 Å². The lowest BCUT2D eigenvalue weighted by molar-refractivity contribution is 0.0743. The fraction of sp³-hybridized carbons (Fsp3) is 0.286. The van der Waals surface area contributed by atoms with Crippen molar-refractivity contribution >= 4 is 16.9 Å². The molecule has 128 valence electrons. The molecular weight excluding hydrogens is 310 g/mol. The molecule has 1 atom stereocenters. The molecular formula is C21H23N3O. The predicted octanol–water partition coefficient (Wildman–Crippen LogP) is 4.39. The molecule has 0 spiro atoms. The minimum atomic E-state index is -0.0185. The molecule has 0 aliphatic carbocycles. The highest BCUT2D eigenvalue weighted by molar-refractivity contribution is 5.97. The van der Waals surface area contributed by atoms with Crippen molar-refractivity contribution < 1.29 is 4.79 Å². The molecule has 0 aliphatic heterocycles. The maximum atomic E-state index is 12.9. The molecule has 0 fully saturated rings. The maximum absolute atomic E-state index is 12.9. The van der Waals surface area contributed by atoms with E-state index in [4.69, 9.17) is 0 Å². The molecule has 25 heavy (non-hydrogen) atoms. The number of aromatic nitrogens is 2. The summed E-state index contributed by atoms with van der Waals surface area (Å²) >= 11 is 0. The minimum absolute atomic E-state index is 0.00497. The molecule has 4 heteroatoms. The van der Waals surface area contributed by atoms with E-state index in [0.717, 1.165) is 28.0 Å². The minimum Gasteiger partial charge on any atom is -0.335 e. The quantitative estimate of drug-likeness (QED) is 0.714. The van der Waals surface area contributed by atoms with Gasteiger partial charge in [-0.3, -0.25) is 4.79 Å². The van der Waals surface area contributed by atoms with E-state index < -0.39 is 0 Å². The lowest BCUT2D eigenvalue weighted by atomic mass is 10.0. The lowest BCUT2D eigenvalue weighted by Crippen LogP contribution is -2.29. The van der Waals surface area contributed by atoms with Gasteiger partial charge < -0.3 is 4.90 Å². The number of fused-ring (bicyclic) bond motifs is 1. The van der Waals surface area contributed by atoms with E-state index in [1.807, 2.05) is 46.0 Å². The first-order valence-corrected chi connectivity index (χ1v) is 8.45. The van der Waals surface area contributed by atoms with Gasteiger partial charge in [-0.05, 0) is 51.5 Å². The number of aryl methyl sites for hydroxylation is 3. The molecule has 0 saturated heterocycles. The second-order valence-corrected chi connectivity index (χ2v) is 6.60. The third-order valence-electron chi connectivity index (χ3n) is 4.78. The zero-order chi connectivity index (χ0) is 18.1. The fourth-order valence-electron chi connectivity index (χ4n) is 2.81. The zero-order valence-corrected chi connectivity index (χ0v) is 15.4. The third-order valence-corrected chi connectivity index (χ3v) is 4.78. The highest BCUT2D eigenvalue weighted by atomic mass is 16.2. The van der Waals surface area contributed by atoms with Gasteiger partial charge in [0.2, 0.25) is 0 Å². The van der Waals surface area contributed by atoms with E-state index in [2.05, 4.69) is 41.2 Å². The largest absolute Gasteiger partial charge is 0.335 e. The van der Waals surface area contributed by atoms with Crippen LogP contribution in [-0.4, -0.2) is 27.8 Å². The molecule has 0 N–H and O–H groups in total. The van der Waals surface area contributed by atoms with Gasteiger partial charge in [0, 0.05) is 12.6 Å². The fourth-order valence-corrected chi connectivity index (χ4v) is 2.81. The molecule has 1 unspecified atom stereocenters. The normalized spacial score (nSPS) is 12.2. The van der Waals surface area contributed by atoms with Crippen molar-refractivity contribution in [3.63, 3.8) is 0 Å². The first-order valence-electron chi connectivity index (χ1n) is 8.45. The monoisotopic (exact) mass is 333 g/mol. The summed E-state index contributed by atoms with van der Waals surface area (Å²) in [5, 5.41) is 0. The van der Waals surface area contributed by atoms with Crippen molar-refractivity contribution in [2.24, 2.45) is 0 Å². The predicted molar refractivity (Wildman–Crippen MR) is 101 cm³/mol. The highest BCUT2D eigenvalue weighted by Gasteiger charge is 2.19. The summed E-state index contributed by atoms with van der Waals surface area (Å²) in [6.45, 7) is 7.97. The molecule has 1 heterocycles. The van der Waals surface area contributed by atoms with Crippen LogP contribution in [0.3, 0.4) is 0 Å². The highest BCUT2D eigenvalue weighted by Crippen LogP contribution is 2.22. The van der Waals surface area contributed by atoms with Crippen LogP contribution in [0.25, 0.3) is 11.0 Å². The summed E-state index contributed by atoms with van der Waals surface area (Å²) in [7, 11) is 1.84. The van der Waals surface area contributed by atoms with E-state index in [9.17, 15) is 4.79 Å². The number of amides is 1. The van der Waals surface area contributed by atoms with Gasteiger partial charge in [0.1, 0.15) is 0 Å². The molecule has 0 aliphatic rings. The van der Waals surface area contributed by atoms with Gasteiger partial charge in [-0.25, -0.2) is 9.97 Å². The van der Waals surface area contributed by atoms with Gasteiger partial charge >= 0.3 is 0 Å². The van der Waals surface area contributed by atoms with E-state index in [-0.39, 0.29) is 11.9 Å². The molecule has 1 amide bonds. The summed E-state index contributed by atoms with van der Waals surface area (Å²) in [6.07, 6.45) is 0. The second kappa shape index (κ2) is 6.63. The van der Waals surface area contributed by atoms with Crippen molar-refractivity contribution in [2.45, 2.75) is 33.7 Å². The van der Waals surface area contributed by atoms with Crippen LogP contribution in [0.15, 0.2) is 42.5 Å². The summed E-state index contributed by atoms with van der Waals surface area (Å²) in [5.74, 6) is -0.0185. The van der Waals surface area contributed by atoms with E-state index in [1.54, 1.807) is 4.90 Å². The third kappa shape index (κ3) is 3.38. The van der Waals surface area contributed by atoms with E-state index >= 15 is 0 Å². The number of nitrogens with zero attached hydrogens (tertiary/aromatic N) is 3. The Bertz CT molecular complexity index is 932. The Kier molecular flexibility index (Phi) is 4.53. The van der Waals surface area contributed by atoms with Crippen LogP contribution in [0.4, 0.5) is 0 Å². The van der Waals surface area contributed by atoms with Crippen molar-refractivity contribution in [3.05, 3.63) is 70.5 Å². The Balaban J connectivity index is 1.90. The molecule has 1 aromatic heterocycles. The van der Waals surface area contributed by atoms with Crippen LogP contribution in [0.2, 0.25) is 0 Å². The first kappa shape index (κ1) is 17.1. The molecule has 0 bridgehead atoms. The van der Waals surface area contributed by atoms with Crippen molar-refractivity contribution in [3.8, 4) is 0 Å². The average molecular weight is 333 g/mol. The van der Waals surface area contributed by atoms with Gasteiger partial charge in [-0.2, -0.15) is 0 Å². The summed E-state index contributed by atoms with van der Waals surface area (Å²) in [5.41, 5.74) is 6.33. The number of carbonyl (C=O) groups excluding carboxylic acids is 1. The summed E-state index contributed by atoms with van der Waals surface area (Å²) < 4.78 is 0. The van der Waals surface area contributed by atoms with Gasteiger partial charge in [-0.1, -0.05) is 29.8 Å². The lowest BCUT2D eigenvalue weighted by Gasteiger charge is -2.25. The smallest absolute Gasteiger partial charge is 0.254 e. The van der Waals surface area contributed by atoms with Crippen molar-refractivity contribution in [2.75, 3.05) is 7.05 Å². The number of carbonyl (C=O) groups is 1. The molecule has 4 nitrogen and oxygen atoms in total. The van der Waals surface area contributed by atoms with Crippen LogP contribution in [0.5, 0.6) is 0 Å². The molecule has 3 aromatic rings. The van der Waals surface area contributed by atoms with Crippen LogP contribution < -0.4 is 0 Å². The molecule has 2 aromatic carbocycles. The van der Waals surface area contributed by atoms with Gasteiger partial charge in [0.25, 0.3) is 5.91 Å². The molecule has 3 rings (SSSR count). The van der Waals surface area contributed by atoms with Gasteiger partial charge in [0.05, 0.1) is 28.5 Å².